The summed E-state index contributed by atoms with van der Waals surface area (Å²) >= 11 is 0. The van der Waals surface area contributed by atoms with E-state index in [1.54, 1.807) is 0 Å². The van der Waals surface area contributed by atoms with Crippen molar-refractivity contribution in [2.24, 2.45) is 33.2 Å². The summed E-state index contributed by atoms with van der Waals surface area (Å²) in [5.74, 6) is 1.26. The maximum Gasteiger partial charge on any atom is 0.0607 e. The van der Waals surface area contributed by atoms with Crippen molar-refractivity contribution < 1.29 is 5.21 Å². The van der Waals surface area contributed by atoms with Gasteiger partial charge in [0.1, 0.15) is 0 Å². The highest BCUT2D eigenvalue weighted by atomic mass is 16.4. The third-order valence-corrected chi connectivity index (χ3v) is 6.66. The average Bonchev–Trinajstić information content (AvgIpc) is 3.00. The first-order valence-corrected chi connectivity index (χ1v) is 7.09. The fourth-order valence-corrected chi connectivity index (χ4v) is 5.71. The van der Waals surface area contributed by atoms with Crippen LogP contribution in [0.2, 0.25) is 0 Å². The number of hydrogen-bond donors (Lipinski definition) is 1. The molecule has 4 atom stereocenters. The molecule has 0 bridgehead atoms. The third-order valence-electron chi connectivity index (χ3n) is 6.66. The van der Waals surface area contributed by atoms with Crippen molar-refractivity contribution in [1.29, 1.82) is 0 Å². The molecule has 3 fully saturated rings. The van der Waals surface area contributed by atoms with Gasteiger partial charge in [-0.15, -0.1) is 0 Å². The number of nitrogens with zero attached hydrogens (tertiary/aromatic N) is 1. The molecule has 3 aliphatic carbocycles. The normalized spacial score (nSPS) is 54.0. The van der Waals surface area contributed by atoms with Crippen LogP contribution in [0.1, 0.15) is 59.8 Å². The Labute approximate surface area is 104 Å². The van der Waals surface area contributed by atoms with Crippen molar-refractivity contribution in [1.82, 2.24) is 0 Å². The molecular formula is C15H25NO. The van der Waals surface area contributed by atoms with Gasteiger partial charge in [0.15, 0.2) is 0 Å². The van der Waals surface area contributed by atoms with E-state index >= 15 is 0 Å². The lowest BCUT2D eigenvalue weighted by Gasteiger charge is -2.56. The van der Waals surface area contributed by atoms with E-state index in [9.17, 15) is 5.21 Å². The van der Waals surface area contributed by atoms with E-state index in [-0.39, 0.29) is 0 Å². The van der Waals surface area contributed by atoms with Crippen LogP contribution >= 0.6 is 0 Å². The molecule has 2 nitrogen and oxygen atoms in total. The minimum absolute atomic E-state index is 0.382. The molecule has 0 heterocycles. The van der Waals surface area contributed by atoms with Gasteiger partial charge in [-0.2, -0.15) is 0 Å². The molecule has 1 N–H and O–H groups in total. The van der Waals surface area contributed by atoms with Gasteiger partial charge in [-0.05, 0) is 47.8 Å². The highest BCUT2D eigenvalue weighted by molar-refractivity contribution is 5.89. The van der Waals surface area contributed by atoms with Crippen LogP contribution in [-0.4, -0.2) is 10.9 Å². The molecule has 0 unspecified atom stereocenters. The second-order valence-electron chi connectivity index (χ2n) is 7.64. The largest absolute Gasteiger partial charge is 0.411 e. The van der Waals surface area contributed by atoms with Gasteiger partial charge in [0.2, 0.25) is 0 Å². The molecule has 0 aromatic heterocycles. The number of oxime groups is 1. The lowest BCUT2D eigenvalue weighted by atomic mass is 9.48. The van der Waals surface area contributed by atoms with Crippen molar-refractivity contribution >= 4 is 5.71 Å². The van der Waals surface area contributed by atoms with E-state index in [2.05, 4.69) is 32.9 Å². The summed E-state index contributed by atoms with van der Waals surface area (Å²) < 4.78 is 0. The molecule has 17 heavy (non-hydrogen) atoms. The lowest BCUT2D eigenvalue weighted by molar-refractivity contribution is -0.0434. The number of rotatable bonds is 0. The fraction of sp³-hybridized carbons (Fsp3) is 0.933. The summed E-state index contributed by atoms with van der Waals surface area (Å²) in [7, 11) is 0. The monoisotopic (exact) mass is 235 g/mol. The molecule has 3 rings (SSSR count). The van der Waals surface area contributed by atoms with E-state index in [4.69, 9.17) is 0 Å². The van der Waals surface area contributed by atoms with Crippen LogP contribution < -0.4 is 0 Å². The quantitative estimate of drug-likeness (QED) is 0.498. The van der Waals surface area contributed by atoms with E-state index in [1.807, 2.05) is 0 Å². The Morgan fingerprint density at radius 3 is 2.59 bits per heavy atom. The fourth-order valence-electron chi connectivity index (χ4n) is 5.71. The van der Waals surface area contributed by atoms with Crippen LogP contribution in [-0.2, 0) is 0 Å². The van der Waals surface area contributed by atoms with Crippen LogP contribution in [0, 0.1) is 28.1 Å². The average molecular weight is 235 g/mol. The van der Waals surface area contributed by atoms with Crippen LogP contribution in [0.5, 0.6) is 0 Å². The van der Waals surface area contributed by atoms with E-state index < -0.39 is 0 Å². The maximum atomic E-state index is 9.22. The first kappa shape index (κ1) is 11.6. The predicted octanol–water partition coefficient (Wildman–Crippen LogP) is 4.08. The van der Waals surface area contributed by atoms with Gasteiger partial charge in [0.05, 0.1) is 5.71 Å². The van der Waals surface area contributed by atoms with E-state index in [1.165, 1.54) is 25.7 Å². The molecule has 96 valence electrons. The summed E-state index contributed by atoms with van der Waals surface area (Å²) in [5.41, 5.74) is 2.45. The van der Waals surface area contributed by atoms with Gasteiger partial charge in [0.25, 0.3) is 0 Å². The van der Waals surface area contributed by atoms with Gasteiger partial charge in [-0.1, -0.05) is 39.3 Å². The Morgan fingerprint density at radius 1 is 1.24 bits per heavy atom. The zero-order valence-electron chi connectivity index (χ0n) is 11.6. The Morgan fingerprint density at radius 2 is 1.94 bits per heavy atom. The minimum Gasteiger partial charge on any atom is -0.411 e. The number of hydrogen-bond acceptors (Lipinski definition) is 2. The molecule has 0 aromatic carbocycles. The molecule has 2 heteroatoms. The van der Waals surface area contributed by atoms with Crippen molar-refractivity contribution in [3.8, 4) is 0 Å². The summed E-state index contributed by atoms with van der Waals surface area (Å²) in [6.07, 6.45) is 6.41. The van der Waals surface area contributed by atoms with Gasteiger partial charge < -0.3 is 5.21 Å². The molecule has 0 aromatic rings. The minimum atomic E-state index is 0.382. The zero-order valence-corrected chi connectivity index (χ0v) is 11.6. The van der Waals surface area contributed by atoms with E-state index in [0.29, 0.717) is 22.2 Å². The third kappa shape index (κ3) is 1.15. The smallest absolute Gasteiger partial charge is 0.0607 e. The summed E-state index contributed by atoms with van der Waals surface area (Å²) in [5, 5.41) is 12.8. The van der Waals surface area contributed by atoms with Gasteiger partial charge in [-0.25, -0.2) is 0 Å². The van der Waals surface area contributed by atoms with E-state index in [0.717, 1.165) is 18.1 Å². The first-order valence-electron chi connectivity index (χ1n) is 7.09. The molecule has 3 saturated carbocycles. The SMILES string of the molecule is C[C@@H]1/C(=N/O)C[C@]2(C)CCCC(C)(C)[C@@]23C[C@@H]13. The Kier molecular flexibility index (Phi) is 2.09. The topological polar surface area (TPSA) is 32.6 Å². The molecule has 0 saturated heterocycles. The summed E-state index contributed by atoms with van der Waals surface area (Å²) in [6.45, 7) is 9.65. The molecular weight excluding hydrogens is 210 g/mol. The summed E-state index contributed by atoms with van der Waals surface area (Å²) in [6, 6.07) is 0. The van der Waals surface area contributed by atoms with Crippen LogP contribution in [0.3, 0.4) is 0 Å². The Bertz CT molecular complexity index is 386. The highest BCUT2D eigenvalue weighted by Gasteiger charge is 2.75. The standard InChI is InChI=1S/C15H25NO/c1-10-11-8-15(11)13(2,3)6-5-7-14(15,4)9-12(10)16-17/h10-11,17H,5-9H2,1-4H3/b16-12+/t10-,11-,14-,15-/m0/s1. The van der Waals surface area contributed by atoms with Crippen molar-refractivity contribution in [3.63, 3.8) is 0 Å². The molecule has 1 spiro atoms. The lowest BCUT2D eigenvalue weighted by Crippen LogP contribution is -2.50. The molecule has 0 radical (unpaired) electrons. The highest BCUT2D eigenvalue weighted by Crippen LogP contribution is 2.80. The van der Waals surface area contributed by atoms with Crippen molar-refractivity contribution in [2.45, 2.75) is 59.8 Å². The molecule has 3 aliphatic rings. The second-order valence-corrected chi connectivity index (χ2v) is 7.64. The van der Waals surface area contributed by atoms with Crippen LogP contribution in [0.4, 0.5) is 0 Å². The second kappa shape index (κ2) is 3.07. The van der Waals surface area contributed by atoms with Gasteiger partial charge >= 0.3 is 0 Å². The van der Waals surface area contributed by atoms with Crippen LogP contribution in [0.15, 0.2) is 5.16 Å². The zero-order chi connectivity index (χ0) is 12.5. The van der Waals surface area contributed by atoms with Gasteiger partial charge in [-0.3, -0.25) is 0 Å². The Balaban J connectivity index is 2.05. The predicted molar refractivity (Wildman–Crippen MR) is 69.3 cm³/mol. The molecule has 0 aliphatic heterocycles. The van der Waals surface area contributed by atoms with Crippen molar-refractivity contribution in [3.05, 3.63) is 0 Å². The van der Waals surface area contributed by atoms with Gasteiger partial charge in [0, 0.05) is 5.92 Å². The first-order chi connectivity index (χ1) is 7.88. The Hall–Kier alpha value is -0.530. The maximum absolute atomic E-state index is 9.22. The summed E-state index contributed by atoms with van der Waals surface area (Å²) in [4.78, 5) is 0. The van der Waals surface area contributed by atoms with Crippen LogP contribution in [0.25, 0.3) is 0 Å². The van der Waals surface area contributed by atoms with Crippen molar-refractivity contribution in [2.75, 3.05) is 0 Å². The molecule has 0 amide bonds.